The van der Waals surface area contributed by atoms with Gasteiger partial charge in [0.05, 0.1) is 17.1 Å². The van der Waals surface area contributed by atoms with Crippen molar-refractivity contribution in [3.05, 3.63) is 166 Å². The first kappa shape index (κ1) is 44.1. The number of aromatic hydroxyl groups is 2. The summed E-state index contributed by atoms with van der Waals surface area (Å²) in [6, 6.07) is 34.0. The number of allylic oxidation sites excluding steroid dienone is 4. The van der Waals surface area contributed by atoms with E-state index in [4.69, 9.17) is 28.2 Å². The van der Waals surface area contributed by atoms with Gasteiger partial charge in [-0.15, -0.1) is 15.0 Å². The SMILES string of the molecule is CC(C)(C)c1cc(-n2nc3ccc(Cl)cc3n2)c(O)c(C(C)(C)C)c1.CC(C)(c1ccccc1)c1cc(N)c(O)c(C(C)(C)c2ccccc2)c1.N=C1C=CC=CC1=N. The standard InChI is InChI=1S/C24H27NO.C20H24ClN3O.C6H6N2/c1-23(2,17-11-7-5-8-12-17)19-15-20(22(26)21(25)16-19)24(3,4)18-13-9-6-10-14-18;1-19(2,3)12-9-14(20(4,5)6)18(25)17(10-12)24-22-15-8-7-13(21)11-16(15)23-24;7-5-3-1-2-4-6(5)8/h5-16,26H,25H2,1-4H3;7-11,25H,1-6H3;1-4,7-8H. The number of benzene rings is 5. The summed E-state index contributed by atoms with van der Waals surface area (Å²) >= 11 is 6.05. The highest BCUT2D eigenvalue weighted by Crippen LogP contribution is 2.44. The van der Waals surface area contributed by atoms with Gasteiger partial charge in [0.2, 0.25) is 0 Å². The Morgan fingerprint density at radius 1 is 0.542 bits per heavy atom. The number of halogens is 1. The molecule has 306 valence electrons. The molecule has 6 N–H and O–H groups in total. The molecule has 7 rings (SSSR count). The highest BCUT2D eigenvalue weighted by molar-refractivity contribution is 6.48. The summed E-state index contributed by atoms with van der Waals surface area (Å²) in [5.41, 5.74) is 14.7. The first-order valence-corrected chi connectivity index (χ1v) is 20.1. The summed E-state index contributed by atoms with van der Waals surface area (Å²) in [6.07, 6.45) is 6.70. The lowest BCUT2D eigenvalue weighted by Crippen LogP contribution is -2.23. The van der Waals surface area contributed by atoms with Gasteiger partial charge in [-0.05, 0) is 75.6 Å². The molecule has 1 aliphatic carbocycles. The zero-order valence-corrected chi connectivity index (χ0v) is 36.6. The Labute approximate surface area is 354 Å². The van der Waals surface area contributed by atoms with Crippen molar-refractivity contribution >= 4 is 39.7 Å². The van der Waals surface area contributed by atoms with Crippen LogP contribution in [0.1, 0.15) is 103 Å². The van der Waals surface area contributed by atoms with Crippen LogP contribution in [0.4, 0.5) is 5.69 Å². The summed E-state index contributed by atoms with van der Waals surface area (Å²) in [4.78, 5) is 1.50. The molecule has 8 nitrogen and oxygen atoms in total. The second-order valence-electron chi connectivity index (χ2n) is 18.0. The molecule has 0 aliphatic heterocycles. The molecule has 0 saturated heterocycles. The molecular weight excluding hydrogens is 752 g/mol. The van der Waals surface area contributed by atoms with Crippen LogP contribution in [0.15, 0.2) is 127 Å². The van der Waals surface area contributed by atoms with E-state index in [1.165, 1.54) is 10.4 Å². The number of nitrogen functional groups attached to an aromatic ring is 1. The van der Waals surface area contributed by atoms with Crippen LogP contribution in [-0.4, -0.2) is 36.6 Å². The van der Waals surface area contributed by atoms with Gasteiger partial charge in [0.15, 0.2) is 0 Å². The third-order valence-electron chi connectivity index (χ3n) is 10.8. The van der Waals surface area contributed by atoms with E-state index >= 15 is 0 Å². The van der Waals surface area contributed by atoms with Gasteiger partial charge in [-0.25, -0.2) is 0 Å². The Kier molecular flexibility index (Phi) is 12.8. The van der Waals surface area contributed by atoms with E-state index in [9.17, 15) is 10.2 Å². The van der Waals surface area contributed by atoms with Gasteiger partial charge in [-0.3, -0.25) is 10.8 Å². The highest BCUT2D eigenvalue weighted by Gasteiger charge is 2.31. The van der Waals surface area contributed by atoms with E-state index in [0.717, 1.165) is 33.3 Å². The first-order chi connectivity index (χ1) is 27.5. The minimum atomic E-state index is -0.359. The minimum Gasteiger partial charge on any atom is -0.505 e. The fourth-order valence-corrected chi connectivity index (χ4v) is 6.95. The average Bonchev–Trinajstić information content (AvgIpc) is 3.60. The Balaban J connectivity index is 0.000000189. The number of nitrogens with two attached hydrogens (primary N) is 1. The number of rotatable bonds is 5. The fraction of sp³-hybridized carbons (Fsp3) is 0.280. The van der Waals surface area contributed by atoms with Crippen LogP contribution >= 0.6 is 11.6 Å². The van der Waals surface area contributed by atoms with Gasteiger partial charge in [0.25, 0.3) is 0 Å². The second kappa shape index (κ2) is 17.1. The van der Waals surface area contributed by atoms with Crippen LogP contribution in [0.2, 0.25) is 5.02 Å². The molecule has 59 heavy (non-hydrogen) atoms. The summed E-state index contributed by atoms with van der Waals surface area (Å²) in [5, 5.41) is 45.4. The quantitative estimate of drug-likeness (QED) is 0.0669. The largest absolute Gasteiger partial charge is 0.505 e. The number of phenols is 2. The lowest BCUT2D eigenvalue weighted by atomic mass is 9.72. The van der Waals surface area contributed by atoms with Crippen LogP contribution in [-0.2, 0) is 21.7 Å². The molecule has 0 radical (unpaired) electrons. The van der Waals surface area contributed by atoms with Gasteiger partial charge in [-0.2, -0.15) is 0 Å². The third-order valence-corrected chi connectivity index (χ3v) is 11.0. The van der Waals surface area contributed by atoms with E-state index in [-0.39, 0.29) is 44.6 Å². The van der Waals surface area contributed by atoms with Crippen molar-refractivity contribution in [1.29, 1.82) is 10.8 Å². The molecule has 6 aromatic rings. The lowest BCUT2D eigenvalue weighted by Gasteiger charge is -2.32. The smallest absolute Gasteiger partial charge is 0.146 e. The fourth-order valence-electron chi connectivity index (χ4n) is 6.78. The molecule has 1 aliphatic rings. The van der Waals surface area contributed by atoms with E-state index in [2.05, 4.69) is 128 Å². The first-order valence-electron chi connectivity index (χ1n) is 19.7. The minimum absolute atomic E-state index is 0.0572. The highest BCUT2D eigenvalue weighted by atomic mass is 35.5. The topological polar surface area (TPSA) is 145 Å². The number of fused-ring (bicyclic) bond motifs is 1. The maximum atomic E-state index is 10.9. The van der Waals surface area contributed by atoms with Crippen LogP contribution in [0.3, 0.4) is 0 Å². The van der Waals surface area contributed by atoms with Crippen molar-refractivity contribution in [2.24, 2.45) is 0 Å². The molecule has 0 fully saturated rings. The Morgan fingerprint density at radius 3 is 1.56 bits per heavy atom. The van der Waals surface area contributed by atoms with Crippen molar-refractivity contribution in [2.45, 2.75) is 90.9 Å². The van der Waals surface area contributed by atoms with Gasteiger partial charge in [0, 0.05) is 27.0 Å². The van der Waals surface area contributed by atoms with Gasteiger partial charge < -0.3 is 15.9 Å². The molecule has 0 spiro atoms. The number of nitrogens with one attached hydrogen (secondary N) is 2. The van der Waals surface area contributed by atoms with Crippen molar-refractivity contribution < 1.29 is 10.2 Å². The molecule has 0 unspecified atom stereocenters. The third kappa shape index (κ3) is 10.0. The number of aromatic nitrogens is 3. The van der Waals surface area contributed by atoms with Crippen LogP contribution in [0.5, 0.6) is 11.5 Å². The Hall–Kier alpha value is -5.99. The lowest BCUT2D eigenvalue weighted by molar-refractivity contribution is 0.438. The van der Waals surface area contributed by atoms with Gasteiger partial charge in [0.1, 0.15) is 28.2 Å². The average molecular weight is 809 g/mol. The van der Waals surface area contributed by atoms with Crippen LogP contribution in [0, 0.1) is 10.8 Å². The normalized spacial score (nSPS) is 13.1. The second-order valence-corrected chi connectivity index (χ2v) is 18.4. The number of phenolic OH excluding ortho intramolecular Hbond substituents is 2. The summed E-state index contributed by atoms with van der Waals surface area (Å²) in [7, 11) is 0. The molecule has 1 aromatic heterocycles. The summed E-state index contributed by atoms with van der Waals surface area (Å²) in [5.74, 6) is 0.387. The number of hydrogen-bond donors (Lipinski definition) is 5. The summed E-state index contributed by atoms with van der Waals surface area (Å²) < 4.78 is 0. The van der Waals surface area contributed by atoms with E-state index in [0.29, 0.717) is 21.9 Å². The maximum Gasteiger partial charge on any atom is 0.146 e. The zero-order valence-electron chi connectivity index (χ0n) is 35.8. The van der Waals surface area contributed by atoms with Crippen molar-refractivity contribution in [3.8, 4) is 17.2 Å². The van der Waals surface area contributed by atoms with E-state index in [1.807, 2.05) is 42.5 Å². The number of nitrogens with zero attached hydrogens (tertiary/aromatic N) is 3. The predicted octanol–water partition coefficient (Wildman–Crippen LogP) is 12.2. The van der Waals surface area contributed by atoms with Gasteiger partial charge >= 0.3 is 0 Å². The molecule has 0 atom stereocenters. The van der Waals surface area contributed by atoms with Crippen molar-refractivity contribution in [2.75, 3.05) is 5.73 Å². The monoisotopic (exact) mass is 808 g/mol. The Morgan fingerprint density at radius 2 is 1.05 bits per heavy atom. The Bertz CT molecular complexity index is 2510. The van der Waals surface area contributed by atoms with Crippen LogP contribution in [0.25, 0.3) is 16.7 Å². The van der Waals surface area contributed by atoms with Gasteiger partial charge in [-0.1, -0.05) is 166 Å². The van der Waals surface area contributed by atoms with Crippen LogP contribution < -0.4 is 5.73 Å². The molecule has 0 bridgehead atoms. The van der Waals surface area contributed by atoms with E-state index in [1.54, 1.807) is 36.4 Å². The molecule has 1 heterocycles. The maximum absolute atomic E-state index is 10.9. The zero-order chi connectivity index (χ0) is 43.5. The molecule has 5 aromatic carbocycles. The molecule has 0 amide bonds. The number of hydrogen-bond acceptors (Lipinski definition) is 7. The van der Waals surface area contributed by atoms with Crippen molar-refractivity contribution in [3.63, 3.8) is 0 Å². The molecule has 9 heteroatoms. The predicted molar refractivity (Wildman–Crippen MR) is 246 cm³/mol. The number of anilines is 1. The van der Waals surface area contributed by atoms with E-state index < -0.39 is 0 Å². The van der Waals surface area contributed by atoms with Crippen molar-refractivity contribution in [1.82, 2.24) is 15.0 Å². The summed E-state index contributed by atoms with van der Waals surface area (Å²) in [6.45, 7) is 21.3. The molecular formula is C50H57ClN6O2. The molecule has 0 saturated carbocycles.